The van der Waals surface area contributed by atoms with Gasteiger partial charge in [-0.25, -0.2) is 4.39 Å². The molecule has 1 aromatic rings. The third-order valence-electron chi connectivity index (χ3n) is 2.41. The molecule has 0 heterocycles. The molecule has 17 heavy (non-hydrogen) atoms. The first-order chi connectivity index (χ1) is 8.27. The zero-order chi connectivity index (χ0) is 12.5. The van der Waals surface area contributed by atoms with Gasteiger partial charge in [-0.2, -0.15) is 0 Å². The maximum absolute atomic E-state index is 13.4. The summed E-state index contributed by atoms with van der Waals surface area (Å²) < 4.78 is 24.0. The molecule has 96 valence electrons. The Balaban J connectivity index is 2.42. The Kier molecular flexibility index (Phi) is 6.77. The molecule has 0 aliphatic rings. The van der Waals surface area contributed by atoms with Crippen molar-refractivity contribution >= 4 is 0 Å². The first-order valence-electron chi connectivity index (χ1n) is 5.82. The smallest absolute Gasteiger partial charge is 0.128 e. The lowest BCUT2D eigenvalue weighted by atomic mass is 10.2. The number of hydrogen-bond acceptors (Lipinski definition) is 3. The average Bonchev–Trinajstić information content (AvgIpc) is 2.34. The van der Waals surface area contributed by atoms with Crippen LogP contribution in [0, 0.1) is 5.82 Å². The van der Waals surface area contributed by atoms with Gasteiger partial charge in [-0.05, 0) is 12.6 Å². The van der Waals surface area contributed by atoms with Crippen molar-refractivity contribution in [3.8, 4) is 0 Å². The van der Waals surface area contributed by atoms with Gasteiger partial charge in [0.15, 0.2) is 0 Å². The summed E-state index contributed by atoms with van der Waals surface area (Å²) in [5, 5.41) is 3.19. The summed E-state index contributed by atoms with van der Waals surface area (Å²) in [6.45, 7) is 4.39. The van der Waals surface area contributed by atoms with Gasteiger partial charge in [0.05, 0.1) is 19.3 Å². The highest BCUT2D eigenvalue weighted by Gasteiger charge is 2.09. The lowest BCUT2D eigenvalue weighted by Crippen LogP contribution is -2.32. The summed E-state index contributed by atoms with van der Waals surface area (Å²) >= 11 is 0. The van der Waals surface area contributed by atoms with Gasteiger partial charge in [-0.15, -0.1) is 0 Å². The van der Waals surface area contributed by atoms with Crippen LogP contribution in [0.3, 0.4) is 0 Å². The Morgan fingerprint density at radius 1 is 1.35 bits per heavy atom. The molecule has 0 radical (unpaired) electrons. The van der Waals surface area contributed by atoms with E-state index in [1.807, 2.05) is 6.92 Å². The molecule has 1 unspecified atom stereocenters. The van der Waals surface area contributed by atoms with Gasteiger partial charge in [0.25, 0.3) is 0 Å². The quantitative estimate of drug-likeness (QED) is 0.754. The summed E-state index contributed by atoms with van der Waals surface area (Å²) in [7, 11) is 1.63. The summed E-state index contributed by atoms with van der Waals surface area (Å²) in [6, 6.07) is 6.64. The third kappa shape index (κ3) is 5.26. The highest BCUT2D eigenvalue weighted by atomic mass is 19.1. The Morgan fingerprint density at radius 3 is 2.76 bits per heavy atom. The van der Waals surface area contributed by atoms with Crippen LogP contribution in [0.1, 0.15) is 12.5 Å². The lowest BCUT2D eigenvalue weighted by Gasteiger charge is -2.17. The molecule has 1 N–H and O–H groups in total. The SMILES string of the molecule is CCNCC(COC)OCc1ccccc1F. The second-order valence-corrected chi connectivity index (χ2v) is 3.79. The van der Waals surface area contributed by atoms with Crippen molar-refractivity contribution in [2.24, 2.45) is 0 Å². The first-order valence-corrected chi connectivity index (χ1v) is 5.82. The molecule has 1 aromatic carbocycles. The van der Waals surface area contributed by atoms with Crippen molar-refractivity contribution in [1.29, 1.82) is 0 Å². The van der Waals surface area contributed by atoms with Crippen LogP contribution in [-0.4, -0.2) is 32.9 Å². The molecule has 1 rings (SSSR count). The van der Waals surface area contributed by atoms with Gasteiger partial charge in [-0.1, -0.05) is 25.1 Å². The van der Waals surface area contributed by atoms with Crippen LogP contribution in [0.2, 0.25) is 0 Å². The Hall–Kier alpha value is -0.970. The molecule has 0 fully saturated rings. The van der Waals surface area contributed by atoms with Crippen LogP contribution in [-0.2, 0) is 16.1 Å². The maximum Gasteiger partial charge on any atom is 0.128 e. The first kappa shape index (κ1) is 14.1. The number of benzene rings is 1. The highest BCUT2D eigenvalue weighted by Crippen LogP contribution is 2.09. The standard InChI is InChI=1S/C13H20FNO2/c1-3-15-8-12(10-16-2)17-9-11-6-4-5-7-13(11)14/h4-7,12,15H,3,8-10H2,1-2H3. The molecule has 4 heteroatoms. The largest absolute Gasteiger partial charge is 0.382 e. The lowest BCUT2D eigenvalue weighted by molar-refractivity contribution is -0.0108. The summed E-state index contributed by atoms with van der Waals surface area (Å²) in [4.78, 5) is 0. The van der Waals surface area contributed by atoms with E-state index in [0.29, 0.717) is 18.7 Å². The number of likely N-dealkylation sites (N-methyl/N-ethyl adjacent to an activating group) is 1. The van der Waals surface area contributed by atoms with E-state index < -0.39 is 0 Å². The van der Waals surface area contributed by atoms with Crippen LogP contribution in [0.15, 0.2) is 24.3 Å². The number of nitrogens with one attached hydrogen (secondary N) is 1. The molecule has 0 bridgehead atoms. The van der Waals surface area contributed by atoms with Crippen molar-refractivity contribution in [2.45, 2.75) is 19.6 Å². The highest BCUT2D eigenvalue weighted by molar-refractivity contribution is 5.16. The minimum absolute atomic E-state index is 0.0560. The normalized spacial score (nSPS) is 12.6. The zero-order valence-corrected chi connectivity index (χ0v) is 10.4. The second kappa shape index (κ2) is 8.17. The second-order valence-electron chi connectivity index (χ2n) is 3.79. The maximum atomic E-state index is 13.4. The van der Waals surface area contributed by atoms with Gasteiger partial charge in [0.2, 0.25) is 0 Å². The monoisotopic (exact) mass is 241 g/mol. The van der Waals surface area contributed by atoms with Gasteiger partial charge in [-0.3, -0.25) is 0 Å². The molecule has 0 aromatic heterocycles. The fourth-order valence-corrected chi connectivity index (χ4v) is 1.48. The molecule has 0 saturated heterocycles. The van der Waals surface area contributed by atoms with Crippen molar-refractivity contribution in [3.63, 3.8) is 0 Å². The van der Waals surface area contributed by atoms with Crippen LogP contribution >= 0.6 is 0 Å². The van der Waals surface area contributed by atoms with E-state index in [0.717, 1.165) is 6.54 Å². The van der Waals surface area contributed by atoms with Crippen molar-refractivity contribution < 1.29 is 13.9 Å². The molecule has 0 spiro atoms. The Morgan fingerprint density at radius 2 is 2.12 bits per heavy atom. The van der Waals surface area contributed by atoms with Crippen LogP contribution in [0.25, 0.3) is 0 Å². The summed E-state index contributed by atoms with van der Waals surface area (Å²) in [6.07, 6.45) is -0.0560. The third-order valence-corrected chi connectivity index (χ3v) is 2.41. The number of rotatable bonds is 8. The van der Waals surface area contributed by atoms with Crippen LogP contribution < -0.4 is 5.32 Å². The molecular formula is C13H20FNO2. The minimum Gasteiger partial charge on any atom is -0.382 e. The van der Waals surface area contributed by atoms with Crippen molar-refractivity contribution in [3.05, 3.63) is 35.6 Å². The minimum atomic E-state index is -0.230. The van der Waals surface area contributed by atoms with E-state index in [2.05, 4.69) is 5.32 Å². The Bertz CT molecular complexity index is 320. The van der Waals surface area contributed by atoms with E-state index in [4.69, 9.17) is 9.47 Å². The molecule has 0 aliphatic carbocycles. The molecule has 0 saturated carbocycles. The van der Waals surface area contributed by atoms with Gasteiger partial charge < -0.3 is 14.8 Å². The summed E-state index contributed by atoms with van der Waals surface area (Å²) in [5.74, 6) is -0.230. The van der Waals surface area contributed by atoms with Crippen LogP contribution in [0.4, 0.5) is 4.39 Å². The number of ether oxygens (including phenoxy) is 2. The predicted molar refractivity (Wildman–Crippen MR) is 65.4 cm³/mol. The average molecular weight is 241 g/mol. The zero-order valence-electron chi connectivity index (χ0n) is 10.4. The van der Waals surface area contributed by atoms with Gasteiger partial charge >= 0.3 is 0 Å². The topological polar surface area (TPSA) is 30.5 Å². The van der Waals surface area contributed by atoms with Crippen molar-refractivity contribution in [1.82, 2.24) is 5.32 Å². The molecule has 0 amide bonds. The van der Waals surface area contributed by atoms with E-state index in [9.17, 15) is 4.39 Å². The fourth-order valence-electron chi connectivity index (χ4n) is 1.48. The van der Waals surface area contributed by atoms with E-state index in [-0.39, 0.29) is 18.5 Å². The van der Waals surface area contributed by atoms with Crippen molar-refractivity contribution in [2.75, 3.05) is 26.8 Å². The summed E-state index contributed by atoms with van der Waals surface area (Å²) in [5.41, 5.74) is 0.574. The fraction of sp³-hybridized carbons (Fsp3) is 0.538. The Labute approximate surface area is 102 Å². The number of methoxy groups -OCH3 is 1. The van der Waals surface area contributed by atoms with Crippen LogP contribution in [0.5, 0.6) is 0 Å². The molecule has 1 atom stereocenters. The predicted octanol–water partition coefficient (Wildman–Crippen LogP) is 1.97. The molecule has 0 aliphatic heterocycles. The van der Waals surface area contributed by atoms with Gasteiger partial charge in [0.1, 0.15) is 5.82 Å². The molecular weight excluding hydrogens is 221 g/mol. The number of halogens is 1. The molecule has 3 nitrogen and oxygen atoms in total. The number of hydrogen-bond donors (Lipinski definition) is 1. The van der Waals surface area contributed by atoms with Gasteiger partial charge in [0, 0.05) is 19.2 Å². The van der Waals surface area contributed by atoms with E-state index >= 15 is 0 Å². The van der Waals surface area contributed by atoms with E-state index in [1.165, 1.54) is 6.07 Å². The van der Waals surface area contributed by atoms with E-state index in [1.54, 1.807) is 25.3 Å².